The first-order valence-electron chi connectivity index (χ1n) is 8.33. The SMILES string of the molecule is CCc1ccccc1C(=O)C12CC3CC(CC(C3)C1)C2. The van der Waals surface area contributed by atoms with E-state index in [-0.39, 0.29) is 5.41 Å². The average Bonchev–Trinajstić information content (AvgIpc) is 2.45. The standard InChI is InChI=1S/C19H24O/c1-2-16-5-3-4-6-17(16)18(20)19-10-13-7-14(11-19)9-15(8-13)12-19/h3-6,13-15H,2,7-12H2,1H3. The van der Waals surface area contributed by atoms with Crippen LogP contribution < -0.4 is 0 Å². The molecule has 0 aliphatic heterocycles. The third kappa shape index (κ3) is 1.78. The van der Waals surface area contributed by atoms with Crippen LogP contribution in [0.3, 0.4) is 0 Å². The molecule has 1 nitrogen and oxygen atoms in total. The fraction of sp³-hybridized carbons (Fsp3) is 0.632. The van der Waals surface area contributed by atoms with E-state index in [4.69, 9.17) is 0 Å². The fourth-order valence-corrected chi connectivity index (χ4v) is 5.72. The molecule has 1 aromatic rings. The predicted molar refractivity (Wildman–Crippen MR) is 80.8 cm³/mol. The van der Waals surface area contributed by atoms with E-state index < -0.39 is 0 Å². The van der Waals surface area contributed by atoms with Crippen molar-refractivity contribution in [1.29, 1.82) is 0 Å². The van der Waals surface area contributed by atoms with Gasteiger partial charge < -0.3 is 0 Å². The maximum atomic E-state index is 13.3. The van der Waals surface area contributed by atoms with Gasteiger partial charge in [0.25, 0.3) is 0 Å². The van der Waals surface area contributed by atoms with Crippen LogP contribution in [0.2, 0.25) is 0 Å². The summed E-state index contributed by atoms with van der Waals surface area (Å²) < 4.78 is 0. The number of carbonyl (C=O) groups excluding carboxylic acids is 1. The number of rotatable bonds is 3. The Kier molecular flexibility index (Phi) is 2.80. The lowest BCUT2D eigenvalue weighted by Gasteiger charge is -2.56. The minimum absolute atomic E-state index is 0.0139. The Morgan fingerprint density at radius 3 is 2.15 bits per heavy atom. The van der Waals surface area contributed by atoms with Crippen molar-refractivity contribution in [2.45, 2.75) is 51.9 Å². The minimum atomic E-state index is 0.0139. The van der Waals surface area contributed by atoms with Crippen LogP contribution in [0.4, 0.5) is 0 Å². The first-order chi connectivity index (χ1) is 9.70. The van der Waals surface area contributed by atoms with Gasteiger partial charge in [0.1, 0.15) is 0 Å². The summed E-state index contributed by atoms with van der Waals surface area (Å²) in [4.78, 5) is 13.3. The summed E-state index contributed by atoms with van der Waals surface area (Å²) >= 11 is 0. The third-order valence-electron chi connectivity index (χ3n) is 6.16. The van der Waals surface area contributed by atoms with Crippen LogP contribution in [0.15, 0.2) is 24.3 Å². The number of carbonyl (C=O) groups is 1. The third-order valence-corrected chi connectivity index (χ3v) is 6.16. The van der Waals surface area contributed by atoms with E-state index in [0.29, 0.717) is 5.78 Å². The molecule has 5 rings (SSSR count). The van der Waals surface area contributed by atoms with Crippen molar-refractivity contribution >= 4 is 5.78 Å². The molecule has 1 heteroatoms. The van der Waals surface area contributed by atoms with Crippen LogP contribution in [0.1, 0.15) is 61.4 Å². The van der Waals surface area contributed by atoms with Gasteiger partial charge in [-0.15, -0.1) is 0 Å². The van der Waals surface area contributed by atoms with Gasteiger partial charge in [0.2, 0.25) is 0 Å². The topological polar surface area (TPSA) is 17.1 Å². The zero-order valence-corrected chi connectivity index (χ0v) is 12.4. The second-order valence-electron chi connectivity index (χ2n) is 7.54. The van der Waals surface area contributed by atoms with E-state index in [9.17, 15) is 4.79 Å². The lowest BCUT2D eigenvalue weighted by atomic mass is 9.48. The summed E-state index contributed by atoms with van der Waals surface area (Å²) in [6.45, 7) is 2.16. The highest BCUT2D eigenvalue weighted by Crippen LogP contribution is 2.61. The van der Waals surface area contributed by atoms with E-state index in [1.807, 2.05) is 6.07 Å². The van der Waals surface area contributed by atoms with Crippen LogP contribution in [-0.4, -0.2) is 5.78 Å². The molecule has 0 spiro atoms. The first-order valence-corrected chi connectivity index (χ1v) is 8.33. The molecule has 0 N–H and O–H groups in total. The lowest BCUT2D eigenvalue weighted by Crippen LogP contribution is -2.50. The van der Waals surface area contributed by atoms with E-state index in [0.717, 1.165) is 29.7 Å². The molecule has 1 aromatic carbocycles. The quantitative estimate of drug-likeness (QED) is 0.729. The van der Waals surface area contributed by atoms with Crippen molar-refractivity contribution in [3.63, 3.8) is 0 Å². The molecule has 4 aliphatic rings. The van der Waals surface area contributed by atoms with Crippen molar-refractivity contribution in [1.82, 2.24) is 0 Å². The highest BCUT2D eigenvalue weighted by Gasteiger charge is 2.54. The number of aryl methyl sites for hydroxylation is 1. The van der Waals surface area contributed by atoms with Crippen molar-refractivity contribution in [2.24, 2.45) is 23.2 Å². The van der Waals surface area contributed by atoms with Crippen LogP contribution >= 0.6 is 0 Å². The molecule has 4 fully saturated rings. The van der Waals surface area contributed by atoms with Gasteiger partial charge in [0.15, 0.2) is 5.78 Å². The smallest absolute Gasteiger partial charge is 0.169 e. The molecule has 0 heterocycles. The maximum absolute atomic E-state index is 13.3. The van der Waals surface area contributed by atoms with Crippen molar-refractivity contribution in [2.75, 3.05) is 0 Å². The largest absolute Gasteiger partial charge is 0.294 e. The van der Waals surface area contributed by atoms with Gasteiger partial charge in [-0.1, -0.05) is 31.2 Å². The Bertz CT molecular complexity index is 507. The van der Waals surface area contributed by atoms with E-state index in [1.165, 1.54) is 44.1 Å². The minimum Gasteiger partial charge on any atom is -0.294 e. The summed E-state index contributed by atoms with van der Waals surface area (Å²) in [5, 5.41) is 0. The number of Topliss-reactive ketones (excluding diaryl/α,β-unsaturated/α-hetero) is 1. The highest BCUT2D eigenvalue weighted by molar-refractivity contribution is 6.02. The summed E-state index contributed by atoms with van der Waals surface area (Å²) in [6.07, 6.45) is 8.71. The molecule has 4 aliphatic carbocycles. The molecule has 0 unspecified atom stereocenters. The van der Waals surface area contributed by atoms with Gasteiger partial charge in [-0.05, 0) is 68.3 Å². The molecule has 4 bridgehead atoms. The first kappa shape index (κ1) is 12.6. The molecule has 0 aromatic heterocycles. The molecule has 4 saturated carbocycles. The average molecular weight is 268 g/mol. The zero-order chi connectivity index (χ0) is 13.7. The number of ketones is 1. The molecule has 0 amide bonds. The van der Waals surface area contributed by atoms with Crippen molar-refractivity contribution in [3.8, 4) is 0 Å². The monoisotopic (exact) mass is 268 g/mol. The Labute approximate surface area is 121 Å². The van der Waals surface area contributed by atoms with Gasteiger partial charge in [-0.25, -0.2) is 0 Å². The number of benzene rings is 1. The number of hydrogen-bond acceptors (Lipinski definition) is 1. The molecule has 0 atom stereocenters. The second kappa shape index (κ2) is 4.44. The van der Waals surface area contributed by atoms with Gasteiger partial charge in [0.05, 0.1) is 0 Å². The van der Waals surface area contributed by atoms with Crippen molar-refractivity contribution in [3.05, 3.63) is 35.4 Å². The van der Waals surface area contributed by atoms with Crippen LogP contribution in [-0.2, 0) is 6.42 Å². The van der Waals surface area contributed by atoms with E-state index in [1.54, 1.807) is 0 Å². The van der Waals surface area contributed by atoms with Gasteiger partial charge in [-0.2, -0.15) is 0 Å². The van der Waals surface area contributed by atoms with Gasteiger partial charge in [-0.3, -0.25) is 4.79 Å². The van der Waals surface area contributed by atoms with Crippen LogP contribution in [0, 0.1) is 23.2 Å². The maximum Gasteiger partial charge on any atom is 0.169 e. The summed E-state index contributed by atoms with van der Waals surface area (Å²) in [5.74, 6) is 3.02. The summed E-state index contributed by atoms with van der Waals surface area (Å²) in [5.41, 5.74) is 2.28. The van der Waals surface area contributed by atoms with Crippen molar-refractivity contribution < 1.29 is 4.79 Å². The van der Waals surface area contributed by atoms with Crippen LogP contribution in [0.25, 0.3) is 0 Å². The molecule has 0 radical (unpaired) electrons. The number of hydrogen-bond donors (Lipinski definition) is 0. The fourth-order valence-electron chi connectivity index (χ4n) is 5.72. The molecule has 20 heavy (non-hydrogen) atoms. The van der Waals surface area contributed by atoms with Gasteiger partial charge in [0, 0.05) is 11.0 Å². The Balaban J connectivity index is 1.71. The molecular formula is C19H24O. The second-order valence-corrected chi connectivity index (χ2v) is 7.54. The van der Waals surface area contributed by atoms with Crippen LogP contribution in [0.5, 0.6) is 0 Å². The highest BCUT2D eigenvalue weighted by atomic mass is 16.1. The summed E-state index contributed by atoms with van der Waals surface area (Å²) in [7, 11) is 0. The summed E-state index contributed by atoms with van der Waals surface area (Å²) in [6, 6.07) is 8.30. The molecule has 0 saturated heterocycles. The Hall–Kier alpha value is -1.11. The van der Waals surface area contributed by atoms with Gasteiger partial charge >= 0.3 is 0 Å². The molecular weight excluding hydrogens is 244 g/mol. The van der Waals surface area contributed by atoms with E-state index in [2.05, 4.69) is 25.1 Å². The van der Waals surface area contributed by atoms with E-state index >= 15 is 0 Å². The Morgan fingerprint density at radius 2 is 1.60 bits per heavy atom. The zero-order valence-electron chi connectivity index (χ0n) is 12.4. The predicted octanol–water partition coefficient (Wildman–Crippen LogP) is 4.65. The normalized spacial score (nSPS) is 38.1. The lowest BCUT2D eigenvalue weighted by molar-refractivity contribution is -0.0353. The Morgan fingerprint density at radius 1 is 1.05 bits per heavy atom. The molecule has 106 valence electrons.